The maximum absolute atomic E-state index is 16.1. The minimum Gasteiger partial charge on any atom is -0.591 e. The smallest absolute Gasteiger partial charge is 0.497 e. The van der Waals surface area contributed by atoms with Crippen LogP contribution in [-0.2, 0) is 30.2 Å². The van der Waals surface area contributed by atoms with Crippen molar-refractivity contribution in [2.45, 2.75) is 102 Å². The van der Waals surface area contributed by atoms with Crippen LogP contribution >= 0.6 is 0 Å². The van der Waals surface area contributed by atoms with Gasteiger partial charge in [-0.25, -0.2) is 8.78 Å². The summed E-state index contributed by atoms with van der Waals surface area (Å²) >= 11 is -1.67. The van der Waals surface area contributed by atoms with Crippen LogP contribution in [0.4, 0.5) is 8.78 Å². The molecule has 1 saturated heterocycles. The van der Waals surface area contributed by atoms with Gasteiger partial charge in [0.2, 0.25) is 0 Å². The van der Waals surface area contributed by atoms with E-state index in [2.05, 4.69) is 4.40 Å². The summed E-state index contributed by atoms with van der Waals surface area (Å²) in [6.45, 7) is 14.4. The minimum atomic E-state index is -1.67. The van der Waals surface area contributed by atoms with Crippen LogP contribution in [0.1, 0.15) is 97.6 Å². The van der Waals surface area contributed by atoms with E-state index in [1.165, 1.54) is 12.3 Å². The van der Waals surface area contributed by atoms with E-state index in [0.29, 0.717) is 5.56 Å². The predicted octanol–water partition coefficient (Wildman–Crippen LogP) is 4.71. The average Bonchev–Trinajstić information content (AvgIpc) is 3.52. The highest BCUT2D eigenvalue weighted by Crippen LogP contribution is 2.44. The molecule has 0 bridgehead atoms. The van der Waals surface area contributed by atoms with Crippen LogP contribution in [0.2, 0.25) is 0 Å². The van der Waals surface area contributed by atoms with Crippen LogP contribution < -0.4 is 5.46 Å². The Morgan fingerprint density at radius 2 is 1.83 bits per heavy atom. The summed E-state index contributed by atoms with van der Waals surface area (Å²) in [4.78, 5) is 12.4. The predicted molar refractivity (Wildman–Crippen MR) is 134 cm³/mol. The highest BCUT2D eigenvalue weighted by atomic mass is 32.2. The minimum absolute atomic E-state index is 0.0422. The third-order valence-electron chi connectivity index (χ3n) is 6.74. The summed E-state index contributed by atoms with van der Waals surface area (Å²) in [6.07, 6.45) is 2.44. The molecule has 2 unspecified atom stereocenters. The zero-order valence-electron chi connectivity index (χ0n) is 21.9. The Morgan fingerprint density at radius 1 is 1.26 bits per heavy atom. The molecule has 1 aliphatic carbocycles. The molecule has 1 aromatic rings. The van der Waals surface area contributed by atoms with Crippen molar-refractivity contribution in [2.24, 2.45) is 4.40 Å². The van der Waals surface area contributed by atoms with Crippen molar-refractivity contribution < 1.29 is 32.2 Å². The second-order valence-electron chi connectivity index (χ2n) is 11.2. The molecule has 0 amide bonds. The maximum Gasteiger partial charge on any atom is 0.497 e. The molecule has 0 aromatic heterocycles. The third-order valence-corrected chi connectivity index (χ3v) is 8.10. The molecule has 3 rings (SSSR count). The molecule has 6 nitrogen and oxygen atoms in total. The van der Waals surface area contributed by atoms with Crippen LogP contribution in [0.5, 0.6) is 0 Å². The normalized spacial score (nSPS) is 21.4. The lowest BCUT2D eigenvalue weighted by Crippen LogP contribution is -2.41. The zero-order valence-corrected chi connectivity index (χ0v) is 22.7. The van der Waals surface area contributed by atoms with Gasteiger partial charge in [0.25, 0.3) is 0 Å². The van der Waals surface area contributed by atoms with Crippen molar-refractivity contribution in [1.29, 1.82) is 0 Å². The van der Waals surface area contributed by atoms with Gasteiger partial charge in [0.15, 0.2) is 0 Å². The van der Waals surface area contributed by atoms with E-state index >= 15 is 8.78 Å². The SMILES string of the molecule is CCOC(=O)CC(C=N[S+]([O-])C(C)(C)C)c1c(F)c(B2OC(C)(C)C(C)(C)O2)cc(C2CC2)c1F. The number of esters is 1. The first-order valence-corrected chi connectivity index (χ1v) is 13.2. The Kier molecular flexibility index (Phi) is 8.12. The Morgan fingerprint density at radius 3 is 2.31 bits per heavy atom. The fourth-order valence-corrected chi connectivity index (χ4v) is 4.35. The molecule has 2 aliphatic rings. The highest BCUT2D eigenvalue weighted by molar-refractivity contribution is 7.91. The van der Waals surface area contributed by atoms with E-state index in [-0.39, 0.29) is 30.0 Å². The lowest BCUT2D eigenvalue weighted by atomic mass is 9.74. The van der Waals surface area contributed by atoms with Crippen LogP contribution in [0, 0.1) is 11.6 Å². The van der Waals surface area contributed by atoms with E-state index in [4.69, 9.17) is 14.0 Å². The van der Waals surface area contributed by atoms with Crippen molar-refractivity contribution in [2.75, 3.05) is 6.61 Å². The summed E-state index contributed by atoms with van der Waals surface area (Å²) in [5.74, 6) is -3.35. The number of rotatable bonds is 8. The molecular formula is C25H36BF2NO5S. The highest BCUT2D eigenvalue weighted by Gasteiger charge is 2.53. The summed E-state index contributed by atoms with van der Waals surface area (Å²) in [7, 11) is -1.04. The Balaban J connectivity index is 2.13. The molecule has 0 spiro atoms. The summed E-state index contributed by atoms with van der Waals surface area (Å²) in [5.41, 5.74) is -1.28. The van der Waals surface area contributed by atoms with Crippen molar-refractivity contribution in [3.63, 3.8) is 0 Å². The van der Waals surface area contributed by atoms with Gasteiger partial charge in [-0.2, -0.15) is 0 Å². The van der Waals surface area contributed by atoms with Gasteiger partial charge in [0.1, 0.15) is 27.7 Å². The van der Waals surface area contributed by atoms with Crippen molar-refractivity contribution in [3.05, 3.63) is 28.8 Å². The standard InChI is InChI=1S/C25H36BF2NO5S/c1-9-32-19(30)12-16(14-29-35(31)23(2,3)4)20-21(27)17(15-10-11-15)13-18(22(20)28)26-33-24(5,6)25(7,8)34-26/h13-16H,9-12H2,1-8H3. The van der Waals surface area contributed by atoms with E-state index < -0.39 is 58.0 Å². The summed E-state index contributed by atoms with van der Waals surface area (Å²) in [5, 5.41) is 0. The molecule has 0 N–H and O–H groups in total. The molecule has 10 heteroatoms. The number of nitrogens with zero attached hydrogens (tertiary/aromatic N) is 1. The Hall–Kier alpha value is -1.49. The van der Waals surface area contributed by atoms with Gasteiger partial charge >= 0.3 is 13.1 Å². The van der Waals surface area contributed by atoms with Crippen molar-refractivity contribution in [3.8, 4) is 0 Å². The molecule has 1 saturated carbocycles. The van der Waals surface area contributed by atoms with Crippen molar-refractivity contribution in [1.82, 2.24) is 0 Å². The van der Waals surface area contributed by atoms with E-state index in [9.17, 15) is 9.35 Å². The van der Waals surface area contributed by atoms with Crippen LogP contribution in [-0.4, -0.2) is 46.4 Å². The van der Waals surface area contributed by atoms with Crippen LogP contribution in [0.15, 0.2) is 10.5 Å². The maximum atomic E-state index is 16.1. The van der Waals surface area contributed by atoms with Gasteiger partial charge < -0.3 is 18.6 Å². The number of halogens is 2. The van der Waals surface area contributed by atoms with E-state index in [1.807, 2.05) is 27.7 Å². The summed E-state index contributed by atoms with van der Waals surface area (Å²) in [6, 6.07) is 1.49. The van der Waals surface area contributed by atoms with Gasteiger partial charge in [-0.05, 0) is 79.7 Å². The van der Waals surface area contributed by atoms with Gasteiger partial charge in [0.05, 0.1) is 30.4 Å². The molecule has 1 aromatic carbocycles. The lowest BCUT2D eigenvalue weighted by molar-refractivity contribution is -0.143. The van der Waals surface area contributed by atoms with Gasteiger partial charge in [0, 0.05) is 16.9 Å². The number of carbonyl (C=O) groups is 1. The van der Waals surface area contributed by atoms with Crippen molar-refractivity contribution >= 4 is 36.1 Å². The first-order valence-electron chi connectivity index (χ1n) is 12.1. The number of benzene rings is 1. The summed E-state index contributed by atoms with van der Waals surface area (Å²) < 4.78 is 65.1. The molecule has 194 valence electrons. The topological polar surface area (TPSA) is 80.2 Å². The van der Waals surface area contributed by atoms with Gasteiger partial charge in [-0.15, -0.1) is 0 Å². The van der Waals surface area contributed by atoms with E-state index in [1.54, 1.807) is 27.7 Å². The molecule has 1 aliphatic heterocycles. The Labute approximate surface area is 210 Å². The van der Waals surface area contributed by atoms with E-state index in [0.717, 1.165) is 12.8 Å². The third kappa shape index (κ3) is 6.09. The number of carbonyl (C=O) groups excluding carboxylic acids is 1. The fraction of sp³-hybridized carbons (Fsp3) is 0.680. The fourth-order valence-electron chi connectivity index (χ4n) is 3.78. The molecule has 1 heterocycles. The zero-order chi connectivity index (χ0) is 26.3. The average molecular weight is 511 g/mol. The lowest BCUT2D eigenvalue weighted by Gasteiger charge is -2.32. The second kappa shape index (κ2) is 10.1. The number of ether oxygens (including phenoxy) is 1. The molecule has 35 heavy (non-hydrogen) atoms. The molecule has 2 atom stereocenters. The number of hydrogen-bond acceptors (Lipinski definition) is 6. The molecular weight excluding hydrogens is 475 g/mol. The first kappa shape index (κ1) is 28.1. The van der Waals surface area contributed by atoms with Gasteiger partial charge in [-0.1, -0.05) is 10.5 Å². The largest absolute Gasteiger partial charge is 0.591 e. The Bertz CT molecular complexity index is 975. The molecule has 0 radical (unpaired) electrons. The van der Waals surface area contributed by atoms with Gasteiger partial charge in [-0.3, -0.25) is 4.79 Å². The number of hydrogen-bond donors (Lipinski definition) is 0. The quantitative estimate of drug-likeness (QED) is 0.219. The van der Waals surface area contributed by atoms with Crippen LogP contribution in [0.3, 0.4) is 0 Å². The first-order chi connectivity index (χ1) is 16.1. The van der Waals surface area contributed by atoms with Crippen LogP contribution in [0.25, 0.3) is 0 Å². The molecule has 2 fully saturated rings. The monoisotopic (exact) mass is 511 g/mol. The second-order valence-corrected chi connectivity index (χ2v) is 13.1.